The van der Waals surface area contributed by atoms with Crippen molar-refractivity contribution in [3.63, 3.8) is 0 Å². The first-order valence-electron chi connectivity index (χ1n) is 7.52. The second-order valence-electron chi connectivity index (χ2n) is 4.80. The molecular weight excluding hydrogens is 266 g/mol. The Hall–Kier alpha value is -2.11. The van der Waals surface area contributed by atoms with Crippen LogP contribution in [-0.4, -0.2) is 27.6 Å². The number of aromatic nitrogens is 3. The van der Waals surface area contributed by atoms with E-state index in [0.717, 1.165) is 29.4 Å². The molecule has 0 fully saturated rings. The fraction of sp³-hybridized carbons (Fsp3) is 0.533. The van der Waals surface area contributed by atoms with E-state index in [0.29, 0.717) is 18.2 Å². The SMILES string of the molecule is CC.CCCC1CNc2nc(N)nc3cc(C)nc(c23)O1. The summed E-state index contributed by atoms with van der Waals surface area (Å²) in [5.41, 5.74) is 7.38. The molecule has 0 saturated carbocycles. The van der Waals surface area contributed by atoms with Crippen LogP contribution in [0.4, 0.5) is 11.8 Å². The molecule has 114 valence electrons. The van der Waals surface area contributed by atoms with E-state index in [1.165, 1.54) is 0 Å². The molecule has 21 heavy (non-hydrogen) atoms. The molecule has 0 saturated heterocycles. The molecule has 6 heteroatoms. The van der Waals surface area contributed by atoms with Crippen LogP contribution in [0.5, 0.6) is 5.88 Å². The molecular formula is C15H23N5O. The van der Waals surface area contributed by atoms with Gasteiger partial charge in [0.15, 0.2) is 0 Å². The third kappa shape index (κ3) is 3.15. The minimum Gasteiger partial charge on any atom is -0.472 e. The van der Waals surface area contributed by atoms with Gasteiger partial charge in [-0.1, -0.05) is 27.2 Å². The van der Waals surface area contributed by atoms with E-state index in [1.54, 1.807) is 0 Å². The summed E-state index contributed by atoms with van der Waals surface area (Å²) in [6.07, 6.45) is 2.13. The molecule has 1 aliphatic heterocycles. The van der Waals surface area contributed by atoms with Gasteiger partial charge in [0.05, 0.1) is 12.1 Å². The maximum Gasteiger partial charge on any atom is 0.227 e. The van der Waals surface area contributed by atoms with Crippen molar-refractivity contribution in [1.82, 2.24) is 15.0 Å². The molecule has 3 heterocycles. The van der Waals surface area contributed by atoms with Crippen LogP contribution in [0.3, 0.4) is 0 Å². The molecule has 3 N–H and O–H groups in total. The normalized spacial score (nSPS) is 16.3. The monoisotopic (exact) mass is 289 g/mol. The van der Waals surface area contributed by atoms with Gasteiger partial charge in [-0.25, -0.2) is 9.97 Å². The summed E-state index contributed by atoms with van der Waals surface area (Å²) in [5.74, 6) is 1.58. The van der Waals surface area contributed by atoms with Crippen LogP contribution in [0, 0.1) is 6.92 Å². The van der Waals surface area contributed by atoms with Gasteiger partial charge < -0.3 is 15.8 Å². The van der Waals surface area contributed by atoms with Crippen molar-refractivity contribution in [3.05, 3.63) is 11.8 Å². The molecule has 0 radical (unpaired) electrons. The van der Waals surface area contributed by atoms with Gasteiger partial charge in [0, 0.05) is 5.69 Å². The fourth-order valence-corrected chi connectivity index (χ4v) is 2.36. The zero-order valence-electron chi connectivity index (χ0n) is 13.1. The molecule has 1 atom stereocenters. The van der Waals surface area contributed by atoms with Crippen LogP contribution >= 0.6 is 0 Å². The number of pyridine rings is 1. The molecule has 3 rings (SSSR count). The standard InChI is InChI=1S/C13H17N5O.C2H6/c1-3-4-8-6-15-11-10-9(17-13(14)18-11)5-7(2)16-12(10)19-8;1-2/h5,8H,3-4,6H2,1-2H3,(H3,14,15,17,18);1-2H3. The smallest absolute Gasteiger partial charge is 0.227 e. The second kappa shape index (κ2) is 6.56. The van der Waals surface area contributed by atoms with Crippen molar-refractivity contribution < 1.29 is 4.74 Å². The summed E-state index contributed by atoms with van der Waals surface area (Å²) in [6, 6.07) is 1.89. The van der Waals surface area contributed by atoms with E-state index in [9.17, 15) is 0 Å². The quantitative estimate of drug-likeness (QED) is 0.884. The number of hydrogen-bond donors (Lipinski definition) is 2. The zero-order valence-corrected chi connectivity index (χ0v) is 13.1. The molecule has 2 aromatic heterocycles. The van der Waals surface area contributed by atoms with E-state index in [4.69, 9.17) is 10.5 Å². The van der Waals surface area contributed by atoms with Crippen LogP contribution < -0.4 is 15.8 Å². The Kier molecular flexibility index (Phi) is 4.77. The largest absolute Gasteiger partial charge is 0.472 e. The molecule has 0 spiro atoms. The second-order valence-corrected chi connectivity index (χ2v) is 4.80. The van der Waals surface area contributed by atoms with Gasteiger partial charge in [-0.2, -0.15) is 4.98 Å². The van der Waals surface area contributed by atoms with Gasteiger partial charge >= 0.3 is 0 Å². The van der Waals surface area contributed by atoms with Crippen molar-refractivity contribution in [1.29, 1.82) is 0 Å². The predicted molar refractivity (Wildman–Crippen MR) is 85.6 cm³/mol. The lowest BCUT2D eigenvalue weighted by Crippen LogP contribution is -2.24. The van der Waals surface area contributed by atoms with Crippen molar-refractivity contribution in [3.8, 4) is 5.88 Å². The molecule has 0 aliphatic carbocycles. The van der Waals surface area contributed by atoms with Gasteiger partial charge in [0.1, 0.15) is 17.3 Å². The molecule has 1 unspecified atom stereocenters. The Bertz CT molecular complexity index is 624. The molecule has 6 nitrogen and oxygen atoms in total. The van der Waals surface area contributed by atoms with Gasteiger partial charge in [-0.15, -0.1) is 0 Å². The molecule has 2 aromatic rings. The van der Waals surface area contributed by atoms with Crippen molar-refractivity contribution in [2.24, 2.45) is 0 Å². The Balaban J connectivity index is 0.000000774. The number of aryl methyl sites for hydroxylation is 1. The highest BCUT2D eigenvalue weighted by Crippen LogP contribution is 2.32. The van der Waals surface area contributed by atoms with Crippen molar-refractivity contribution in [2.45, 2.75) is 46.6 Å². The van der Waals surface area contributed by atoms with E-state index in [2.05, 4.69) is 27.2 Å². The number of nitrogens with one attached hydrogen (secondary N) is 1. The Morgan fingerprint density at radius 2 is 2.10 bits per heavy atom. The number of hydrogen-bond acceptors (Lipinski definition) is 6. The summed E-state index contributed by atoms with van der Waals surface area (Å²) in [6.45, 7) is 8.76. The van der Waals surface area contributed by atoms with E-state index in [-0.39, 0.29) is 12.1 Å². The van der Waals surface area contributed by atoms with Gasteiger partial charge in [0.2, 0.25) is 11.8 Å². The Morgan fingerprint density at radius 1 is 1.33 bits per heavy atom. The molecule has 0 aromatic carbocycles. The summed E-state index contributed by atoms with van der Waals surface area (Å²) >= 11 is 0. The van der Waals surface area contributed by atoms with Gasteiger partial charge in [0.25, 0.3) is 0 Å². The highest BCUT2D eigenvalue weighted by Gasteiger charge is 2.22. The summed E-state index contributed by atoms with van der Waals surface area (Å²) in [4.78, 5) is 13.0. The lowest BCUT2D eigenvalue weighted by Gasteiger charge is -2.15. The highest BCUT2D eigenvalue weighted by atomic mass is 16.5. The Labute approximate surface area is 125 Å². The fourth-order valence-electron chi connectivity index (χ4n) is 2.36. The van der Waals surface area contributed by atoms with Crippen molar-refractivity contribution in [2.75, 3.05) is 17.6 Å². The summed E-state index contributed by atoms with van der Waals surface area (Å²) in [5, 5.41) is 4.11. The lowest BCUT2D eigenvalue weighted by molar-refractivity contribution is 0.199. The van der Waals surface area contributed by atoms with Crippen LogP contribution in [0.2, 0.25) is 0 Å². The van der Waals surface area contributed by atoms with Gasteiger partial charge in [-0.3, -0.25) is 0 Å². The number of ether oxygens (including phenoxy) is 1. The minimum atomic E-state index is 0.0953. The summed E-state index contributed by atoms with van der Waals surface area (Å²) in [7, 11) is 0. The van der Waals surface area contributed by atoms with Crippen LogP contribution in [0.15, 0.2) is 6.07 Å². The van der Waals surface area contributed by atoms with E-state index in [1.807, 2.05) is 26.8 Å². The van der Waals surface area contributed by atoms with E-state index >= 15 is 0 Å². The summed E-state index contributed by atoms with van der Waals surface area (Å²) < 4.78 is 6.00. The average Bonchev–Trinajstić information content (AvgIpc) is 2.61. The predicted octanol–water partition coefficient (Wildman–Crippen LogP) is 2.91. The number of rotatable bonds is 2. The van der Waals surface area contributed by atoms with Gasteiger partial charge in [-0.05, 0) is 19.4 Å². The maximum absolute atomic E-state index is 6.00. The number of nitrogens with two attached hydrogens (primary N) is 1. The third-order valence-electron chi connectivity index (χ3n) is 3.18. The van der Waals surface area contributed by atoms with Crippen LogP contribution in [0.1, 0.15) is 39.3 Å². The van der Waals surface area contributed by atoms with Crippen molar-refractivity contribution >= 4 is 22.7 Å². The maximum atomic E-state index is 6.00. The number of anilines is 2. The number of nitrogens with zero attached hydrogens (tertiary/aromatic N) is 3. The lowest BCUT2D eigenvalue weighted by atomic mass is 10.2. The molecule has 0 bridgehead atoms. The average molecular weight is 289 g/mol. The highest BCUT2D eigenvalue weighted by molar-refractivity contribution is 5.94. The van der Waals surface area contributed by atoms with Crippen LogP contribution in [0.25, 0.3) is 10.9 Å². The zero-order chi connectivity index (χ0) is 15.4. The van der Waals surface area contributed by atoms with Crippen LogP contribution in [-0.2, 0) is 0 Å². The number of nitrogen functional groups attached to an aromatic ring is 1. The van der Waals surface area contributed by atoms with E-state index < -0.39 is 0 Å². The first-order chi connectivity index (χ1) is 10.2. The molecule has 0 amide bonds. The molecule has 1 aliphatic rings. The minimum absolute atomic E-state index is 0.0953. The first-order valence-corrected chi connectivity index (χ1v) is 7.52. The Morgan fingerprint density at radius 3 is 2.81 bits per heavy atom. The topological polar surface area (TPSA) is 86.0 Å². The third-order valence-corrected chi connectivity index (χ3v) is 3.18. The first kappa shape index (κ1) is 15.3.